The maximum absolute atomic E-state index is 11.7. The molecule has 1 rings (SSSR count). The van der Waals surface area contributed by atoms with Crippen LogP contribution in [-0.4, -0.2) is 28.1 Å². The topological polar surface area (TPSA) is 122 Å². The van der Waals surface area contributed by atoms with E-state index in [9.17, 15) is 19.7 Å². The fourth-order valence-corrected chi connectivity index (χ4v) is 1.72. The zero-order chi connectivity index (χ0) is 16.0. The number of carboxylic acids is 1. The molecule has 114 valence electrons. The number of amides is 2. The number of rotatable bonds is 6. The Hall–Kier alpha value is -2.64. The van der Waals surface area contributed by atoms with Crippen LogP contribution < -0.4 is 10.6 Å². The molecule has 0 aliphatic heterocycles. The first-order chi connectivity index (χ1) is 9.79. The molecule has 21 heavy (non-hydrogen) atoms. The van der Waals surface area contributed by atoms with Gasteiger partial charge in [-0.3, -0.25) is 10.1 Å². The summed E-state index contributed by atoms with van der Waals surface area (Å²) >= 11 is 0. The van der Waals surface area contributed by atoms with Gasteiger partial charge in [0.15, 0.2) is 0 Å². The molecule has 2 amide bonds. The third-order valence-corrected chi connectivity index (χ3v) is 2.63. The van der Waals surface area contributed by atoms with E-state index in [1.807, 2.05) is 13.8 Å². The van der Waals surface area contributed by atoms with Crippen LogP contribution in [-0.2, 0) is 4.79 Å². The minimum Gasteiger partial charge on any atom is -0.480 e. The number of benzene rings is 1. The molecule has 0 aliphatic carbocycles. The molecule has 1 aromatic rings. The number of carbonyl (C=O) groups is 2. The predicted octanol–water partition coefficient (Wildman–Crippen LogP) is 2.22. The molecule has 0 saturated heterocycles. The second kappa shape index (κ2) is 7.22. The number of non-ortho nitro benzene ring substituents is 1. The molecule has 8 nitrogen and oxygen atoms in total. The molecule has 0 aliphatic rings. The summed E-state index contributed by atoms with van der Waals surface area (Å²) in [5, 5.41) is 24.4. The van der Waals surface area contributed by atoms with Gasteiger partial charge in [-0.15, -0.1) is 0 Å². The molecular weight excluding hydrogens is 278 g/mol. The summed E-state index contributed by atoms with van der Waals surface area (Å²) in [6, 6.07) is 3.66. The van der Waals surface area contributed by atoms with Crippen LogP contribution in [0.3, 0.4) is 0 Å². The smallest absolute Gasteiger partial charge is 0.326 e. The van der Waals surface area contributed by atoms with Gasteiger partial charge in [0.25, 0.3) is 5.69 Å². The Morgan fingerprint density at radius 1 is 1.38 bits per heavy atom. The zero-order valence-electron chi connectivity index (χ0n) is 11.7. The normalized spacial score (nSPS) is 11.8. The number of nitrogens with zero attached hydrogens (tertiary/aromatic N) is 1. The Labute approximate surface area is 121 Å². The summed E-state index contributed by atoms with van der Waals surface area (Å²) < 4.78 is 0. The third-order valence-electron chi connectivity index (χ3n) is 2.63. The summed E-state index contributed by atoms with van der Waals surface area (Å²) in [4.78, 5) is 32.8. The molecule has 8 heteroatoms. The van der Waals surface area contributed by atoms with E-state index in [-0.39, 0.29) is 23.7 Å². The lowest BCUT2D eigenvalue weighted by Crippen LogP contribution is -2.43. The minimum absolute atomic E-state index is 0.101. The molecular formula is C13H17N3O5. The number of nitro benzene ring substituents is 1. The Balaban J connectivity index is 2.70. The van der Waals surface area contributed by atoms with E-state index >= 15 is 0 Å². The molecule has 0 radical (unpaired) electrons. The molecule has 0 spiro atoms. The van der Waals surface area contributed by atoms with Gasteiger partial charge in [0.1, 0.15) is 6.04 Å². The first-order valence-corrected chi connectivity index (χ1v) is 6.34. The molecule has 0 bridgehead atoms. The number of hydrogen-bond acceptors (Lipinski definition) is 4. The molecule has 0 fully saturated rings. The molecule has 0 heterocycles. The average Bonchev–Trinajstić information content (AvgIpc) is 2.37. The number of nitrogens with one attached hydrogen (secondary N) is 2. The van der Waals surface area contributed by atoms with E-state index < -0.39 is 23.0 Å². The van der Waals surface area contributed by atoms with Gasteiger partial charge >= 0.3 is 12.0 Å². The SMILES string of the molecule is CC(C)C[C@H](NC(=O)Nc1cccc([N+](=O)[O-])c1)C(=O)O. The van der Waals surface area contributed by atoms with E-state index in [1.165, 1.54) is 24.3 Å². The summed E-state index contributed by atoms with van der Waals surface area (Å²) in [5.41, 5.74) is 0.0557. The molecule has 0 unspecified atom stereocenters. The first-order valence-electron chi connectivity index (χ1n) is 6.34. The van der Waals surface area contributed by atoms with Crippen molar-refractivity contribution in [1.82, 2.24) is 5.32 Å². The lowest BCUT2D eigenvalue weighted by molar-refractivity contribution is -0.384. The van der Waals surface area contributed by atoms with Crippen LogP contribution in [0.2, 0.25) is 0 Å². The van der Waals surface area contributed by atoms with Crippen molar-refractivity contribution in [3.63, 3.8) is 0 Å². The second-order valence-corrected chi connectivity index (χ2v) is 4.93. The predicted molar refractivity (Wildman–Crippen MR) is 76.1 cm³/mol. The van der Waals surface area contributed by atoms with Gasteiger partial charge in [-0.05, 0) is 18.4 Å². The Bertz CT molecular complexity index is 544. The summed E-state index contributed by atoms with van der Waals surface area (Å²) in [5.74, 6) is -1.03. The maximum atomic E-state index is 11.7. The van der Waals surface area contributed by atoms with E-state index in [0.717, 1.165) is 0 Å². The zero-order valence-corrected chi connectivity index (χ0v) is 11.7. The van der Waals surface area contributed by atoms with Crippen LogP contribution in [0.5, 0.6) is 0 Å². The number of carbonyl (C=O) groups excluding carboxylic acids is 1. The van der Waals surface area contributed by atoms with Crippen molar-refractivity contribution in [2.24, 2.45) is 5.92 Å². The Morgan fingerprint density at radius 3 is 2.57 bits per heavy atom. The van der Waals surface area contributed by atoms with Crippen molar-refractivity contribution in [1.29, 1.82) is 0 Å². The first kappa shape index (κ1) is 16.4. The summed E-state index contributed by atoms with van der Waals surface area (Å²) in [6.45, 7) is 3.69. The number of nitro groups is 1. The highest BCUT2D eigenvalue weighted by molar-refractivity contribution is 5.92. The Morgan fingerprint density at radius 2 is 2.05 bits per heavy atom. The van der Waals surface area contributed by atoms with E-state index in [0.29, 0.717) is 0 Å². The highest BCUT2D eigenvalue weighted by Gasteiger charge is 2.21. The van der Waals surface area contributed by atoms with E-state index in [4.69, 9.17) is 5.11 Å². The number of anilines is 1. The van der Waals surface area contributed by atoms with Crippen LogP contribution in [0, 0.1) is 16.0 Å². The number of carboxylic acid groups (broad SMARTS) is 1. The van der Waals surface area contributed by atoms with Crippen molar-refractivity contribution in [2.75, 3.05) is 5.32 Å². The number of urea groups is 1. The fourth-order valence-electron chi connectivity index (χ4n) is 1.72. The van der Waals surface area contributed by atoms with Crippen LogP contribution in [0.4, 0.5) is 16.2 Å². The van der Waals surface area contributed by atoms with E-state index in [2.05, 4.69) is 10.6 Å². The van der Waals surface area contributed by atoms with Crippen molar-refractivity contribution in [3.05, 3.63) is 34.4 Å². The van der Waals surface area contributed by atoms with Crippen molar-refractivity contribution in [3.8, 4) is 0 Å². The molecule has 1 aromatic carbocycles. The van der Waals surface area contributed by atoms with Gasteiger partial charge in [0.05, 0.1) is 4.92 Å². The molecule has 1 atom stereocenters. The number of aliphatic carboxylic acids is 1. The lowest BCUT2D eigenvalue weighted by Gasteiger charge is -2.16. The molecule has 0 aromatic heterocycles. The number of hydrogen-bond donors (Lipinski definition) is 3. The van der Waals surface area contributed by atoms with Gasteiger partial charge in [0, 0.05) is 17.8 Å². The lowest BCUT2D eigenvalue weighted by atomic mass is 10.0. The minimum atomic E-state index is -1.13. The van der Waals surface area contributed by atoms with Crippen LogP contribution >= 0.6 is 0 Å². The monoisotopic (exact) mass is 295 g/mol. The van der Waals surface area contributed by atoms with Crippen LogP contribution in [0.1, 0.15) is 20.3 Å². The second-order valence-electron chi connectivity index (χ2n) is 4.93. The van der Waals surface area contributed by atoms with Crippen molar-refractivity contribution < 1.29 is 19.6 Å². The van der Waals surface area contributed by atoms with Crippen molar-refractivity contribution >= 4 is 23.4 Å². The largest absolute Gasteiger partial charge is 0.480 e. The van der Waals surface area contributed by atoms with Gasteiger partial charge in [-0.25, -0.2) is 9.59 Å². The van der Waals surface area contributed by atoms with Crippen LogP contribution in [0.15, 0.2) is 24.3 Å². The standard InChI is InChI=1S/C13H17N3O5/c1-8(2)6-11(12(17)18)15-13(19)14-9-4-3-5-10(7-9)16(20)21/h3-5,7-8,11H,6H2,1-2H3,(H,17,18)(H2,14,15,19)/t11-/m0/s1. The molecule has 0 saturated carbocycles. The van der Waals surface area contributed by atoms with Crippen LogP contribution in [0.25, 0.3) is 0 Å². The highest BCUT2D eigenvalue weighted by Crippen LogP contribution is 2.17. The maximum Gasteiger partial charge on any atom is 0.326 e. The van der Waals surface area contributed by atoms with Gasteiger partial charge < -0.3 is 15.7 Å². The van der Waals surface area contributed by atoms with Crippen molar-refractivity contribution in [2.45, 2.75) is 26.3 Å². The van der Waals surface area contributed by atoms with E-state index in [1.54, 1.807) is 0 Å². The summed E-state index contributed by atoms with van der Waals surface area (Å²) in [6.07, 6.45) is 0.289. The van der Waals surface area contributed by atoms with Gasteiger partial charge in [-0.1, -0.05) is 19.9 Å². The summed E-state index contributed by atoms with van der Waals surface area (Å²) in [7, 11) is 0. The fraction of sp³-hybridized carbons (Fsp3) is 0.385. The molecule has 3 N–H and O–H groups in total. The van der Waals surface area contributed by atoms with Gasteiger partial charge in [0.2, 0.25) is 0 Å². The Kier molecular flexibility index (Phi) is 5.65. The quantitative estimate of drug-likeness (QED) is 0.548. The van der Waals surface area contributed by atoms with Gasteiger partial charge in [-0.2, -0.15) is 0 Å². The highest BCUT2D eigenvalue weighted by atomic mass is 16.6. The average molecular weight is 295 g/mol. The third kappa shape index (κ3) is 5.47.